The normalized spacial score (nSPS) is 11.3. The van der Waals surface area contributed by atoms with Gasteiger partial charge in [-0.1, -0.05) is 0 Å². The molecule has 0 aliphatic heterocycles. The molecule has 19 heavy (non-hydrogen) atoms. The second-order valence-corrected chi connectivity index (χ2v) is 6.44. The minimum Gasteiger partial charge on any atom is -0.263 e. The zero-order valence-corrected chi connectivity index (χ0v) is 12.2. The molecule has 8 heteroatoms. The molecule has 2 rings (SSSR count). The number of halogens is 3. The van der Waals surface area contributed by atoms with E-state index in [1.54, 1.807) is 6.07 Å². The van der Waals surface area contributed by atoms with E-state index in [-0.39, 0.29) is 5.82 Å². The Morgan fingerprint density at radius 3 is 2.53 bits per heavy atom. The molecular weight excluding hydrogens is 389 g/mol. The van der Waals surface area contributed by atoms with Crippen molar-refractivity contribution in [2.24, 2.45) is 0 Å². The Morgan fingerprint density at radius 1 is 1.16 bits per heavy atom. The number of anilines is 1. The summed E-state index contributed by atoms with van der Waals surface area (Å²) in [5.74, 6) is -1.83. The average molecular weight is 396 g/mol. The fourth-order valence-corrected chi connectivity index (χ4v) is 2.73. The van der Waals surface area contributed by atoms with Crippen LogP contribution in [0.25, 0.3) is 0 Å². The van der Waals surface area contributed by atoms with E-state index in [1.165, 1.54) is 12.3 Å². The summed E-state index contributed by atoms with van der Waals surface area (Å²) in [5, 5.41) is 0. The van der Waals surface area contributed by atoms with Gasteiger partial charge in [0.1, 0.15) is 22.3 Å². The van der Waals surface area contributed by atoms with Crippen LogP contribution in [0.2, 0.25) is 0 Å². The number of nitrogens with zero attached hydrogens (tertiary/aromatic N) is 1. The van der Waals surface area contributed by atoms with Gasteiger partial charge in [-0.2, -0.15) is 0 Å². The fourth-order valence-electron chi connectivity index (χ4n) is 1.31. The molecule has 0 amide bonds. The molecule has 0 aliphatic rings. The Balaban J connectivity index is 2.37. The van der Waals surface area contributed by atoms with Gasteiger partial charge in [-0.05, 0) is 52.9 Å². The molecule has 1 aromatic heterocycles. The summed E-state index contributed by atoms with van der Waals surface area (Å²) in [4.78, 5) is 3.07. The molecule has 0 spiro atoms. The van der Waals surface area contributed by atoms with Crippen molar-refractivity contribution in [3.8, 4) is 0 Å². The van der Waals surface area contributed by atoms with E-state index < -0.39 is 26.6 Å². The maximum Gasteiger partial charge on any atom is 0.266 e. The lowest BCUT2D eigenvalue weighted by atomic mass is 10.3. The fraction of sp³-hybridized carbons (Fsp3) is 0. The average Bonchev–Trinajstić information content (AvgIpc) is 2.35. The minimum absolute atomic E-state index is 0.0316. The van der Waals surface area contributed by atoms with E-state index in [0.717, 1.165) is 15.7 Å². The molecule has 0 unspecified atom stereocenters. The van der Waals surface area contributed by atoms with Gasteiger partial charge in [0.25, 0.3) is 10.0 Å². The number of hydrogen-bond donors (Lipinski definition) is 1. The lowest BCUT2D eigenvalue weighted by Gasteiger charge is -2.08. The lowest BCUT2D eigenvalue weighted by molar-refractivity contribution is 0.555. The summed E-state index contributed by atoms with van der Waals surface area (Å²) in [6.07, 6.45) is 1.44. The van der Waals surface area contributed by atoms with Crippen LogP contribution in [0.4, 0.5) is 14.6 Å². The maximum absolute atomic E-state index is 13.4. The van der Waals surface area contributed by atoms with Crippen LogP contribution in [0.1, 0.15) is 0 Å². The first kappa shape index (κ1) is 14.1. The first-order valence-electron chi connectivity index (χ1n) is 4.98. The SMILES string of the molecule is O=S(=O)(Nc1ccc(I)cn1)c1cc(F)ccc1F. The second-order valence-electron chi connectivity index (χ2n) is 3.54. The second kappa shape index (κ2) is 5.37. The molecule has 0 saturated heterocycles. The largest absolute Gasteiger partial charge is 0.266 e. The van der Waals surface area contributed by atoms with E-state index in [2.05, 4.69) is 9.71 Å². The van der Waals surface area contributed by atoms with E-state index in [1.807, 2.05) is 22.6 Å². The summed E-state index contributed by atoms with van der Waals surface area (Å²) < 4.78 is 53.1. The van der Waals surface area contributed by atoms with Crippen molar-refractivity contribution < 1.29 is 17.2 Å². The highest BCUT2D eigenvalue weighted by Gasteiger charge is 2.20. The molecular formula is C11H7F2IN2O2S. The van der Waals surface area contributed by atoms with Gasteiger partial charge >= 0.3 is 0 Å². The van der Waals surface area contributed by atoms with Gasteiger partial charge in [-0.25, -0.2) is 22.2 Å². The molecule has 0 saturated carbocycles. The smallest absolute Gasteiger partial charge is 0.263 e. The van der Waals surface area contributed by atoms with Crippen LogP contribution < -0.4 is 4.72 Å². The zero-order valence-electron chi connectivity index (χ0n) is 9.27. The van der Waals surface area contributed by atoms with Gasteiger partial charge in [-0.3, -0.25) is 4.72 Å². The Labute approximate surface area is 122 Å². The highest BCUT2D eigenvalue weighted by Crippen LogP contribution is 2.19. The molecule has 0 radical (unpaired) electrons. The van der Waals surface area contributed by atoms with Crippen LogP contribution in [-0.4, -0.2) is 13.4 Å². The molecule has 0 bridgehead atoms. The molecule has 0 atom stereocenters. The third kappa shape index (κ3) is 3.38. The van der Waals surface area contributed by atoms with Crippen molar-refractivity contribution in [3.05, 3.63) is 51.7 Å². The van der Waals surface area contributed by atoms with E-state index >= 15 is 0 Å². The Bertz CT molecular complexity index is 705. The molecule has 1 aromatic carbocycles. The third-order valence-corrected chi connectivity index (χ3v) is 4.16. The first-order valence-corrected chi connectivity index (χ1v) is 7.54. The van der Waals surface area contributed by atoms with Crippen molar-refractivity contribution in [1.82, 2.24) is 4.98 Å². The Hall–Kier alpha value is -1.29. The number of sulfonamides is 1. The standard InChI is InChI=1S/C11H7F2IN2O2S/c12-7-1-3-9(13)10(5-7)19(17,18)16-11-4-2-8(14)6-15-11/h1-6H,(H,15,16). The predicted molar refractivity (Wildman–Crippen MR) is 74.1 cm³/mol. The van der Waals surface area contributed by atoms with Gasteiger partial charge < -0.3 is 0 Å². The van der Waals surface area contributed by atoms with Gasteiger partial charge in [0.05, 0.1) is 0 Å². The van der Waals surface area contributed by atoms with Gasteiger partial charge in [0.2, 0.25) is 0 Å². The molecule has 4 nitrogen and oxygen atoms in total. The topological polar surface area (TPSA) is 59.1 Å². The number of hydrogen-bond acceptors (Lipinski definition) is 3. The van der Waals surface area contributed by atoms with Gasteiger partial charge in [0.15, 0.2) is 0 Å². The highest BCUT2D eigenvalue weighted by atomic mass is 127. The molecule has 1 heterocycles. The lowest BCUT2D eigenvalue weighted by Crippen LogP contribution is -2.15. The van der Waals surface area contributed by atoms with E-state index in [4.69, 9.17) is 0 Å². The molecule has 0 aliphatic carbocycles. The van der Waals surface area contributed by atoms with E-state index in [0.29, 0.717) is 6.07 Å². The number of aromatic nitrogens is 1. The van der Waals surface area contributed by atoms with E-state index in [9.17, 15) is 17.2 Å². The number of benzene rings is 1. The quantitative estimate of drug-likeness (QED) is 0.812. The van der Waals surface area contributed by atoms with Gasteiger partial charge in [-0.15, -0.1) is 0 Å². The monoisotopic (exact) mass is 396 g/mol. The highest BCUT2D eigenvalue weighted by molar-refractivity contribution is 14.1. The Kier molecular flexibility index (Phi) is 3.99. The van der Waals surface area contributed by atoms with Crippen LogP contribution >= 0.6 is 22.6 Å². The predicted octanol–water partition coefficient (Wildman–Crippen LogP) is 2.77. The third-order valence-electron chi connectivity index (χ3n) is 2.15. The summed E-state index contributed by atoms with van der Waals surface area (Å²) >= 11 is 2.01. The van der Waals surface area contributed by atoms with Crippen LogP contribution in [0.15, 0.2) is 41.4 Å². The number of rotatable bonds is 3. The van der Waals surface area contributed by atoms with Crippen LogP contribution in [-0.2, 0) is 10.0 Å². The molecule has 1 N–H and O–H groups in total. The first-order chi connectivity index (χ1) is 8.88. The number of nitrogens with one attached hydrogen (secondary N) is 1. The van der Waals surface area contributed by atoms with Crippen LogP contribution in [0, 0.1) is 15.2 Å². The molecule has 100 valence electrons. The van der Waals surface area contributed by atoms with Crippen molar-refractivity contribution in [1.29, 1.82) is 0 Å². The van der Waals surface area contributed by atoms with Crippen molar-refractivity contribution in [2.45, 2.75) is 4.90 Å². The van der Waals surface area contributed by atoms with Crippen molar-refractivity contribution in [3.63, 3.8) is 0 Å². The summed E-state index contributed by atoms with van der Waals surface area (Å²) in [5.41, 5.74) is 0. The van der Waals surface area contributed by atoms with Crippen molar-refractivity contribution in [2.75, 3.05) is 4.72 Å². The Morgan fingerprint density at radius 2 is 1.89 bits per heavy atom. The molecule has 0 fully saturated rings. The summed E-state index contributed by atoms with van der Waals surface area (Å²) in [6.45, 7) is 0. The molecule has 2 aromatic rings. The minimum atomic E-state index is -4.21. The summed E-state index contributed by atoms with van der Waals surface area (Å²) in [7, 11) is -4.21. The maximum atomic E-state index is 13.4. The van der Waals surface area contributed by atoms with Crippen LogP contribution in [0.5, 0.6) is 0 Å². The zero-order chi connectivity index (χ0) is 14.0. The number of pyridine rings is 1. The van der Waals surface area contributed by atoms with Gasteiger partial charge in [0, 0.05) is 9.77 Å². The van der Waals surface area contributed by atoms with Crippen molar-refractivity contribution >= 4 is 38.4 Å². The van der Waals surface area contributed by atoms with Crippen LogP contribution in [0.3, 0.4) is 0 Å². The summed E-state index contributed by atoms with van der Waals surface area (Å²) in [6, 6.07) is 5.27.